The summed E-state index contributed by atoms with van der Waals surface area (Å²) >= 11 is 8.52. The van der Waals surface area contributed by atoms with Gasteiger partial charge in [0.2, 0.25) is 5.91 Å². The highest BCUT2D eigenvalue weighted by Gasteiger charge is 2.11. The smallest absolute Gasteiger partial charge is 0.277 e. The molecule has 0 radical (unpaired) electrons. The topological polar surface area (TPSA) is 77.2 Å². The largest absolute Gasteiger partial charge is 0.492 e. The molecule has 1 aromatic carbocycles. The van der Waals surface area contributed by atoms with E-state index in [-0.39, 0.29) is 11.7 Å². The second-order valence-corrected chi connectivity index (χ2v) is 7.10. The van der Waals surface area contributed by atoms with Crippen molar-refractivity contribution in [2.24, 2.45) is 0 Å². The minimum absolute atomic E-state index is 0.124. The van der Waals surface area contributed by atoms with Gasteiger partial charge in [-0.1, -0.05) is 29.4 Å². The zero-order valence-corrected chi connectivity index (χ0v) is 15.4. The third-order valence-corrected chi connectivity index (χ3v) is 4.90. The van der Waals surface area contributed by atoms with E-state index in [1.54, 1.807) is 24.3 Å². The fourth-order valence-corrected chi connectivity index (χ4v) is 3.20. The predicted molar refractivity (Wildman–Crippen MR) is 98.3 cm³/mol. The number of amides is 1. The maximum atomic E-state index is 11.8. The van der Waals surface area contributed by atoms with Crippen molar-refractivity contribution < 1.29 is 13.9 Å². The van der Waals surface area contributed by atoms with Crippen LogP contribution in [-0.4, -0.2) is 35.0 Å². The van der Waals surface area contributed by atoms with Gasteiger partial charge in [-0.3, -0.25) is 4.79 Å². The number of nitrogens with one attached hydrogen (secondary N) is 1. The molecule has 2 aromatic heterocycles. The Kier molecular flexibility index (Phi) is 6.32. The first-order valence-corrected chi connectivity index (χ1v) is 9.60. The van der Waals surface area contributed by atoms with Crippen LogP contribution in [0.3, 0.4) is 0 Å². The molecule has 0 aliphatic rings. The van der Waals surface area contributed by atoms with Crippen molar-refractivity contribution in [1.29, 1.82) is 0 Å². The molecule has 3 rings (SSSR count). The molecule has 0 saturated heterocycles. The lowest BCUT2D eigenvalue weighted by atomic mass is 10.3. The summed E-state index contributed by atoms with van der Waals surface area (Å²) in [5.74, 6) is 1.25. The molecule has 0 bridgehead atoms. The third kappa shape index (κ3) is 5.48. The van der Waals surface area contributed by atoms with Crippen molar-refractivity contribution in [2.75, 3.05) is 18.9 Å². The second-order valence-electron chi connectivity index (χ2n) is 4.79. The van der Waals surface area contributed by atoms with Crippen LogP contribution in [0, 0.1) is 0 Å². The van der Waals surface area contributed by atoms with Crippen molar-refractivity contribution in [3.05, 3.63) is 46.8 Å². The second kappa shape index (κ2) is 8.89. The average Bonchev–Trinajstić information content (AvgIpc) is 3.29. The fraction of sp³-hybridized carbons (Fsp3) is 0.188. The molecule has 0 aliphatic heterocycles. The maximum Gasteiger partial charge on any atom is 0.277 e. The van der Waals surface area contributed by atoms with Crippen LogP contribution in [-0.2, 0) is 4.79 Å². The van der Waals surface area contributed by atoms with E-state index in [1.807, 2.05) is 17.5 Å². The van der Waals surface area contributed by atoms with Gasteiger partial charge in [-0.25, -0.2) is 0 Å². The van der Waals surface area contributed by atoms with Crippen molar-refractivity contribution in [1.82, 2.24) is 15.5 Å². The molecule has 0 spiro atoms. The quantitative estimate of drug-likeness (QED) is 0.462. The molecule has 1 amide bonds. The monoisotopic (exact) mass is 395 g/mol. The molecule has 1 N–H and O–H groups in total. The summed E-state index contributed by atoms with van der Waals surface area (Å²) in [7, 11) is 0. The molecule has 25 heavy (non-hydrogen) atoms. The molecule has 9 heteroatoms. The number of thioether (sulfide) groups is 1. The third-order valence-electron chi connectivity index (χ3n) is 2.97. The van der Waals surface area contributed by atoms with Gasteiger partial charge in [-0.15, -0.1) is 21.5 Å². The van der Waals surface area contributed by atoms with Crippen molar-refractivity contribution in [3.8, 4) is 16.5 Å². The highest BCUT2D eigenvalue weighted by Crippen LogP contribution is 2.26. The summed E-state index contributed by atoms with van der Waals surface area (Å²) in [5, 5.41) is 13.6. The number of benzene rings is 1. The average molecular weight is 396 g/mol. The molecule has 2 heterocycles. The van der Waals surface area contributed by atoms with Gasteiger partial charge in [0.25, 0.3) is 11.1 Å². The van der Waals surface area contributed by atoms with Crippen LogP contribution >= 0.6 is 34.7 Å². The number of aromatic nitrogens is 2. The fourth-order valence-electron chi connectivity index (χ4n) is 1.84. The first-order valence-electron chi connectivity index (χ1n) is 7.36. The Labute approximate surface area is 157 Å². The van der Waals surface area contributed by atoms with E-state index in [0.29, 0.717) is 35.0 Å². The van der Waals surface area contributed by atoms with Gasteiger partial charge in [0.1, 0.15) is 12.4 Å². The van der Waals surface area contributed by atoms with E-state index in [1.165, 1.54) is 23.1 Å². The standard InChI is InChI=1S/C16H14ClN3O3S2/c17-11-3-5-12(6-4-11)22-8-7-18-14(21)10-25-16-20-19-15(23-16)13-2-1-9-24-13/h1-6,9H,7-8,10H2,(H,18,21). The molecular formula is C16H14ClN3O3S2. The van der Waals surface area contributed by atoms with Gasteiger partial charge < -0.3 is 14.5 Å². The van der Waals surface area contributed by atoms with Gasteiger partial charge in [0.05, 0.1) is 17.2 Å². The Bertz CT molecular complexity index is 806. The van der Waals surface area contributed by atoms with Crippen LogP contribution in [0.15, 0.2) is 51.4 Å². The number of rotatable bonds is 8. The van der Waals surface area contributed by atoms with Crippen LogP contribution in [0.4, 0.5) is 0 Å². The van der Waals surface area contributed by atoms with Crippen LogP contribution in [0.1, 0.15) is 0 Å². The number of ether oxygens (including phenoxy) is 1. The highest BCUT2D eigenvalue weighted by atomic mass is 35.5. The van der Waals surface area contributed by atoms with Gasteiger partial charge in [-0.2, -0.15) is 0 Å². The number of thiophene rings is 1. The molecule has 0 aliphatic carbocycles. The Morgan fingerprint density at radius 2 is 2.12 bits per heavy atom. The van der Waals surface area contributed by atoms with Crippen LogP contribution < -0.4 is 10.1 Å². The zero-order chi connectivity index (χ0) is 17.5. The van der Waals surface area contributed by atoms with Gasteiger partial charge in [0.15, 0.2) is 0 Å². The number of carbonyl (C=O) groups excluding carboxylic acids is 1. The summed E-state index contributed by atoms with van der Waals surface area (Å²) in [5.41, 5.74) is 0. The van der Waals surface area contributed by atoms with E-state index in [0.717, 1.165) is 4.88 Å². The lowest BCUT2D eigenvalue weighted by Gasteiger charge is -2.07. The van der Waals surface area contributed by atoms with E-state index in [9.17, 15) is 4.79 Å². The Hall–Kier alpha value is -2.03. The molecule has 0 atom stereocenters. The molecule has 6 nitrogen and oxygen atoms in total. The normalized spacial score (nSPS) is 10.6. The lowest BCUT2D eigenvalue weighted by Crippen LogP contribution is -2.29. The zero-order valence-electron chi connectivity index (χ0n) is 13.0. The highest BCUT2D eigenvalue weighted by molar-refractivity contribution is 7.99. The summed E-state index contributed by atoms with van der Waals surface area (Å²) in [6, 6.07) is 10.9. The maximum absolute atomic E-state index is 11.8. The molecule has 0 fully saturated rings. The van der Waals surface area contributed by atoms with Crippen LogP contribution in [0.5, 0.6) is 5.75 Å². The van der Waals surface area contributed by atoms with E-state index < -0.39 is 0 Å². The number of hydrogen-bond acceptors (Lipinski definition) is 7. The Morgan fingerprint density at radius 1 is 1.28 bits per heavy atom. The summed E-state index contributed by atoms with van der Waals surface area (Å²) < 4.78 is 11.0. The summed E-state index contributed by atoms with van der Waals surface area (Å²) in [4.78, 5) is 12.7. The number of nitrogens with zero attached hydrogens (tertiary/aromatic N) is 2. The molecule has 0 saturated carbocycles. The minimum atomic E-state index is -0.124. The molecule has 3 aromatic rings. The van der Waals surface area contributed by atoms with Crippen molar-refractivity contribution >= 4 is 40.6 Å². The van der Waals surface area contributed by atoms with Crippen LogP contribution in [0.25, 0.3) is 10.8 Å². The first kappa shape index (κ1) is 17.8. The van der Waals surface area contributed by atoms with Gasteiger partial charge in [-0.05, 0) is 35.7 Å². The molecule has 0 unspecified atom stereocenters. The lowest BCUT2D eigenvalue weighted by molar-refractivity contribution is -0.118. The van der Waals surface area contributed by atoms with E-state index in [2.05, 4.69) is 15.5 Å². The number of carbonyl (C=O) groups is 1. The van der Waals surface area contributed by atoms with Crippen LogP contribution in [0.2, 0.25) is 5.02 Å². The first-order chi connectivity index (χ1) is 12.2. The summed E-state index contributed by atoms with van der Waals surface area (Å²) in [6.07, 6.45) is 0. The van der Waals surface area contributed by atoms with Gasteiger partial charge in [0, 0.05) is 5.02 Å². The SMILES string of the molecule is O=C(CSc1nnc(-c2cccs2)o1)NCCOc1ccc(Cl)cc1. The van der Waals surface area contributed by atoms with E-state index in [4.69, 9.17) is 20.8 Å². The van der Waals surface area contributed by atoms with Gasteiger partial charge >= 0.3 is 0 Å². The minimum Gasteiger partial charge on any atom is -0.492 e. The molecular weight excluding hydrogens is 382 g/mol. The van der Waals surface area contributed by atoms with Crippen molar-refractivity contribution in [3.63, 3.8) is 0 Å². The number of halogens is 1. The van der Waals surface area contributed by atoms with Crippen molar-refractivity contribution in [2.45, 2.75) is 5.22 Å². The summed E-state index contributed by atoms with van der Waals surface area (Å²) in [6.45, 7) is 0.785. The predicted octanol–water partition coefficient (Wildman–Crippen LogP) is 3.74. The Morgan fingerprint density at radius 3 is 2.88 bits per heavy atom. The number of hydrogen-bond donors (Lipinski definition) is 1. The van der Waals surface area contributed by atoms with E-state index >= 15 is 0 Å². The molecule has 130 valence electrons. The Balaban J connectivity index is 1.35.